The van der Waals surface area contributed by atoms with Crippen LogP contribution in [0.25, 0.3) is 0 Å². The van der Waals surface area contributed by atoms with E-state index in [-0.39, 0.29) is 0 Å². The lowest BCUT2D eigenvalue weighted by Gasteiger charge is -2.51. The largest absolute Gasteiger partial charge is 0.394 e. The molecule has 8 rings (SSSR count). The number of aliphatic hydroxyl groups is 23. The first-order valence-corrected chi connectivity index (χ1v) is 31.1. The number of rotatable bonds is 25. The minimum atomic E-state index is -2.50. The van der Waals surface area contributed by atoms with Gasteiger partial charge >= 0.3 is 0 Å². The third kappa shape index (κ3) is 17.6. The second-order valence-electron chi connectivity index (χ2n) is 24.7. The van der Waals surface area contributed by atoms with E-state index < -0.39 is 316 Å². The summed E-state index contributed by atoms with van der Waals surface area (Å²) >= 11 is 0. The number of carbonyl (C=O) groups is 3. The molecule has 0 aromatic heterocycles. The smallest absolute Gasteiger partial charge is 0.217 e. The Kier molecular flexibility index (Phi) is 28.9. The van der Waals surface area contributed by atoms with Gasteiger partial charge in [-0.3, -0.25) is 14.4 Å². The van der Waals surface area contributed by atoms with Crippen LogP contribution >= 0.6 is 0 Å². The van der Waals surface area contributed by atoms with Gasteiger partial charge in [-0.05, 0) is 0 Å². The zero-order valence-corrected chi connectivity index (χ0v) is 52.4. The Bertz CT molecular complexity index is 2510. The van der Waals surface area contributed by atoms with Crippen LogP contribution < -0.4 is 16.0 Å². The zero-order valence-electron chi connectivity index (χ0n) is 52.4. The SMILES string of the molecule is CC(=O)N[C@@H]1[C@@H](O)[C@H](O[C@@H]2O[C@H](CO)[C@@H](O[C@@H]3O[C@H](CO[C@H]4O[C@H](CO[C@H]5O[C@H](CO)[C@@H](O)[C@H](O)[C@@H]5O)[C@@H](O)[C@H](O[C@H]5O[C@H](CO)[C@@H](O)[C@H](O)[C@@H]5O)[C@@H]4O)[C@@H](O)[C@H](O[C@H]4O[C@H](CO)[C@@H](O)[C@H](O)[C@@H]4O[C@@H]4O[C@H](CO)[C@@H](O)[C@H](O)[C@H]4NC(C)=O)[C@@H]3O)[C@H](O)[C@H]2NC(C)=O)[C@@H](CO)O[C@@H]1O. The maximum Gasteiger partial charge on any atom is 0.217 e. The lowest BCUT2D eigenvalue weighted by atomic mass is 9.94. The van der Waals surface area contributed by atoms with E-state index in [1.165, 1.54) is 0 Å². The first kappa shape index (κ1) is 80.6. The van der Waals surface area contributed by atoms with E-state index in [2.05, 4.69) is 16.0 Å². The molecule has 8 fully saturated rings. The highest BCUT2D eigenvalue weighted by Gasteiger charge is 2.59. The summed E-state index contributed by atoms with van der Waals surface area (Å²) in [5, 5.41) is 259. The van der Waals surface area contributed by atoms with Gasteiger partial charge in [0.25, 0.3) is 0 Å². The Morgan fingerprint density at radius 1 is 0.265 bits per heavy atom. The number of aliphatic hydroxyl groups excluding tert-OH is 23. The summed E-state index contributed by atoms with van der Waals surface area (Å²) in [5.41, 5.74) is 0. The van der Waals surface area contributed by atoms with Gasteiger partial charge in [0.15, 0.2) is 50.3 Å². The predicted octanol–water partition coefficient (Wildman–Crippen LogP) is -18.0. The van der Waals surface area contributed by atoms with E-state index >= 15 is 0 Å². The molecule has 8 heterocycles. The first-order valence-electron chi connectivity index (χ1n) is 31.1. The second kappa shape index (κ2) is 35.1. The molecule has 0 unspecified atom stereocenters. The van der Waals surface area contributed by atoms with Crippen LogP contribution in [0.4, 0.5) is 0 Å². The molecule has 8 saturated heterocycles. The van der Waals surface area contributed by atoms with Crippen molar-refractivity contribution in [2.45, 2.75) is 266 Å². The zero-order chi connectivity index (χ0) is 72.2. The molecular weight excluding hydrogens is 1350 g/mol. The van der Waals surface area contributed by atoms with Gasteiger partial charge in [-0.2, -0.15) is 0 Å². The summed E-state index contributed by atoms with van der Waals surface area (Å²) < 4.78 is 87.4. The summed E-state index contributed by atoms with van der Waals surface area (Å²) in [4.78, 5) is 37.4. The van der Waals surface area contributed by atoms with Crippen LogP contribution in [0.1, 0.15) is 20.8 Å². The Morgan fingerprint density at radius 2 is 0.561 bits per heavy atom. The number of carbonyl (C=O) groups excluding carboxylic acids is 3. The third-order valence-corrected chi connectivity index (χ3v) is 17.8. The van der Waals surface area contributed by atoms with Crippen LogP contribution in [0.5, 0.6) is 0 Å². The highest BCUT2D eigenvalue weighted by molar-refractivity contribution is 5.74. The van der Waals surface area contributed by atoms with Crippen LogP contribution in [0.3, 0.4) is 0 Å². The molecular formula is C54H91N3O41. The summed E-state index contributed by atoms with van der Waals surface area (Å²) in [7, 11) is 0. The van der Waals surface area contributed by atoms with Crippen LogP contribution in [-0.4, -0.2) is 433 Å². The van der Waals surface area contributed by atoms with E-state index in [1.54, 1.807) is 0 Å². The monoisotopic (exact) mass is 1440 g/mol. The third-order valence-electron chi connectivity index (χ3n) is 17.8. The van der Waals surface area contributed by atoms with Gasteiger partial charge in [-0.25, -0.2) is 0 Å². The van der Waals surface area contributed by atoms with Crippen molar-refractivity contribution in [3.8, 4) is 0 Å². The topological polar surface area (TPSA) is 691 Å². The molecule has 8 aliphatic rings. The molecule has 40 atom stereocenters. The van der Waals surface area contributed by atoms with Gasteiger partial charge < -0.3 is 204 Å². The molecule has 44 nitrogen and oxygen atoms in total. The molecule has 26 N–H and O–H groups in total. The molecule has 0 bridgehead atoms. The van der Waals surface area contributed by atoms with E-state index in [1.807, 2.05) is 0 Å². The van der Waals surface area contributed by atoms with E-state index in [9.17, 15) is 132 Å². The molecule has 44 heteroatoms. The predicted molar refractivity (Wildman–Crippen MR) is 299 cm³/mol. The molecule has 568 valence electrons. The van der Waals surface area contributed by atoms with Gasteiger partial charge in [0.2, 0.25) is 17.7 Å². The van der Waals surface area contributed by atoms with Gasteiger partial charge in [-0.15, -0.1) is 0 Å². The fraction of sp³-hybridized carbons (Fsp3) is 0.944. The molecule has 0 aromatic carbocycles. The van der Waals surface area contributed by atoms with Crippen molar-refractivity contribution in [2.24, 2.45) is 0 Å². The van der Waals surface area contributed by atoms with Crippen molar-refractivity contribution in [1.29, 1.82) is 0 Å². The summed E-state index contributed by atoms with van der Waals surface area (Å²) in [6.45, 7) is -5.32. The van der Waals surface area contributed by atoms with Crippen molar-refractivity contribution in [3.05, 3.63) is 0 Å². The minimum Gasteiger partial charge on any atom is -0.394 e. The van der Waals surface area contributed by atoms with Crippen molar-refractivity contribution in [2.75, 3.05) is 52.9 Å². The van der Waals surface area contributed by atoms with Crippen molar-refractivity contribution < 1.29 is 203 Å². The lowest BCUT2D eigenvalue weighted by molar-refractivity contribution is -0.396. The van der Waals surface area contributed by atoms with E-state index in [4.69, 9.17) is 71.1 Å². The van der Waals surface area contributed by atoms with Crippen LogP contribution in [-0.2, 0) is 85.4 Å². The summed E-state index contributed by atoms with van der Waals surface area (Å²) in [6, 6.07) is -5.26. The van der Waals surface area contributed by atoms with Crippen LogP contribution in [0.15, 0.2) is 0 Å². The van der Waals surface area contributed by atoms with E-state index in [0.29, 0.717) is 0 Å². The van der Waals surface area contributed by atoms with Gasteiger partial charge in [-0.1, -0.05) is 0 Å². The van der Waals surface area contributed by atoms with Crippen molar-refractivity contribution >= 4 is 17.7 Å². The fourth-order valence-corrected chi connectivity index (χ4v) is 12.5. The quantitative estimate of drug-likeness (QED) is 0.0404. The molecule has 3 amide bonds. The number of amides is 3. The van der Waals surface area contributed by atoms with Crippen LogP contribution in [0.2, 0.25) is 0 Å². The molecule has 0 spiro atoms. The standard InChI is InChI=1S/C54H91N3O41/c1-12(64)55-23-33(74)42(19(8-62)86-47(23)83)94-49-25(57-14(3)66)34(75)43(20(9-63)91-49)95-53-41(82)45(97-54-46(37(78)29(70)18(7-61)90-54)98-48-24(56-13(2)65)32(73)26(67)15(4-58)87-48)31(72)22(93-53)11-85-51-40(81)44(96-52-39(80)36(77)28(69)17(6-60)89-52)30(71)21(92-51)10-84-50-38(79)35(76)27(68)16(5-59)88-50/h15-54,58-63,67-83H,4-11H2,1-3H3,(H,55,64)(H,56,65)(H,57,66)/t15-,16-,17-,18-,19-,20-,21-,22-,23-,24-,25-,26-,27-,28-,29-,30-,31-,32-,33-,34-,35+,36+,37+,38+,39+,40+,41+,42-,43-,44+,45+,46+,47+,48+,49+,50+,51+,52-,53+,54-/m1/s1. The minimum absolute atomic E-state index is 0.769. The highest BCUT2D eigenvalue weighted by Crippen LogP contribution is 2.38. The average molecular weight is 1440 g/mol. The molecule has 0 saturated carbocycles. The maximum atomic E-state index is 12.9. The molecule has 0 aromatic rings. The number of nitrogens with one attached hydrogen (secondary N) is 3. The Hall–Kier alpha value is -3.11. The van der Waals surface area contributed by atoms with Gasteiger partial charge in [0.1, 0.15) is 195 Å². The van der Waals surface area contributed by atoms with Crippen molar-refractivity contribution in [1.82, 2.24) is 16.0 Å². The van der Waals surface area contributed by atoms with Gasteiger partial charge in [0.05, 0.1) is 52.9 Å². The molecule has 0 radical (unpaired) electrons. The molecule has 8 aliphatic heterocycles. The lowest BCUT2D eigenvalue weighted by Crippen LogP contribution is -2.70. The molecule has 98 heavy (non-hydrogen) atoms. The number of ether oxygens (including phenoxy) is 15. The van der Waals surface area contributed by atoms with Gasteiger partial charge in [0, 0.05) is 20.8 Å². The summed E-state index contributed by atoms with van der Waals surface area (Å²) in [6.07, 6.45) is -75.7. The Labute approximate surface area is 554 Å². The molecule has 0 aliphatic carbocycles. The average Bonchev–Trinajstić information content (AvgIpc) is 0.773. The number of hydrogen-bond donors (Lipinski definition) is 26. The first-order chi connectivity index (χ1) is 46.3. The highest BCUT2D eigenvalue weighted by atomic mass is 16.8. The summed E-state index contributed by atoms with van der Waals surface area (Å²) in [5.74, 6) is -2.54. The van der Waals surface area contributed by atoms with Crippen molar-refractivity contribution in [3.63, 3.8) is 0 Å². The maximum absolute atomic E-state index is 12.9. The van der Waals surface area contributed by atoms with Crippen LogP contribution in [0, 0.1) is 0 Å². The normalized spacial score (nSPS) is 49.5. The van der Waals surface area contributed by atoms with E-state index in [0.717, 1.165) is 20.8 Å². The number of hydrogen-bond acceptors (Lipinski definition) is 41. The fourth-order valence-electron chi connectivity index (χ4n) is 12.5. The Balaban J connectivity index is 1.14. The second-order valence-corrected chi connectivity index (χ2v) is 24.7. The Morgan fingerprint density at radius 3 is 1.04 bits per heavy atom.